The number of hydrogen-bond donors (Lipinski definition) is 2. The zero-order valence-electron chi connectivity index (χ0n) is 16.1. The summed E-state index contributed by atoms with van der Waals surface area (Å²) in [4.78, 5) is 5.58. The van der Waals surface area contributed by atoms with E-state index in [2.05, 4.69) is 47.0 Å². The van der Waals surface area contributed by atoms with Crippen molar-refractivity contribution in [3.05, 3.63) is 53.1 Å². The molecule has 5 nitrogen and oxygen atoms in total. The van der Waals surface area contributed by atoms with Gasteiger partial charge in [-0.2, -0.15) is 0 Å². The maximum Gasteiger partial charge on any atom is 0.191 e. The van der Waals surface area contributed by atoms with E-state index in [0.717, 1.165) is 23.0 Å². The summed E-state index contributed by atoms with van der Waals surface area (Å²) in [6.45, 7) is 3.41. The first-order valence-corrected chi connectivity index (χ1v) is 9.63. The lowest BCUT2D eigenvalue weighted by molar-refractivity contribution is 0.351. The summed E-state index contributed by atoms with van der Waals surface area (Å²) in [5, 5.41) is 6.70. The molecule has 2 aromatic carbocycles. The Morgan fingerprint density at radius 1 is 1.04 bits per heavy atom. The van der Waals surface area contributed by atoms with Gasteiger partial charge in [-0.25, -0.2) is 0 Å². The molecular formula is C20H27N3O2S. The first kappa shape index (κ1) is 20.0. The van der Waals surface area contributed by atoms with Gasteiger partial charge in [-0.3, -0.25) is 4.99 Å². The molecule has 0 aliphatic rings. The van der Waals surface area contributed by atoms with Gasteiger partial charge in [-0.1, -0.05) is 24.3 Å². The van der Waals surface area contributed by atoms with Crippen LogP contribution in [0.4, 0.5) is 0 Å². The Morgan fingerprint density at radius 2 is 1.77 bits per heavy atom. The highest BCUT2D eigenvalue weighted by Crippen LogP contribution is 2.30. The molecule has 140 valence electrons. The van der Waals surface area contributed by atoms with E-state index in [9.17, 15) is 0 Å². The van der Waals surface area contributed by atoms with Gasteiger partial charge in [0.15, 0.2) is 17.5 Å². The van der Waals surface area contributed by atoms with Gasteiger partial charge in [0.05, 0.1) is 14.2 Å². The third-order valence-electron chi connectivity index (χ3n) is 4.04. The number of nitrogens with one attached hydrogen (secondary N) is 2. The number of guanidine groups is 1. The van der Waals surface area contributed by atoms with Crippen LogP contribution in [0.2, 0.25) is 0 Å². The molecule has 0 fully saturated rings. The van der Waals surface area contributed by atoms with E-state index in [1.807, 2.05) is 18.2 Å². The van der Waals surface area contributed by atoms with Crippen molar-refractivity contribution in [2.75, 3.05) is 27.5 Å². The fraction of sp³-hybridized carbons (Fsp3) is 0.350. The van der Waals surface area contributed by atoms with Crippen molar-refractivity contribution in [3.8, 4) is 11.5 Å². The predicted molar refractivity (Wildman–Crippen MR) is 110 cm³/mol. The Hall–Kier alpha value is -2.34. The molecule has 2 rings (SSSR count). The first-order chi connectivity index (χ1) is 12.6. The van der Waals surface area contributed by atoms with Crippen molar-refractivity contribution in [2.45, 2.75) is 24.9 Å². The summed E-state index contributed by atoms with van der Waals surface area (Å²) >= 11 is 1.76. The molecule has 0 aliphatic carbocycles. The fourth-order valence-corrected chi connectivity index (χ4v) is 3.38. The molecule has 0 aromatic heterocycles. The van der Waals surface area contributed by atoms with Crippen molar-refractivity contribution < 1.29 is 9.47 Å². The zero-order chi connectivity index (χ0) is 18.9. The monoisotopic (exact) mass is 373 g/mol. The van der Waals surface area contributed by atoms with Crippen LogP contribution < -0.4 is 20.1 Å². The average Bonchev–Trinajstić information content (AvgIpc) is 2.68. The normalized spacial score (nSPS) is 11.2. The topological polar surface area (TPSA) is 54.9 Å². The molecule has 0 amide bonds. The van der Waals surface area contributed by atoms with Crippen molar-refractivity contribution in [3.63, 3.8) is 0 Å². The van der Waals surface area contributed by atoms with Gasteiger partial charge in [0.25, 0.3) is 0 Å². The Labute approximate surface area is 160 Å². The quantitative estimate of drug-likeness (QED) is 0.441. The Morgan fingerprint density at radius 3 is 2.38 bits per heavy atom. The molecule has 0 aliphatic heterocycles. The molecule has 0 bridgehead atoms. The van der Waals surface area contributed by atoms with Crippen LogP contribution in [0.3, 0.4) is 0 Å². The molecule has 0 saturated heterocycles. The second-order valence-electron chi connectivity index (χ2n) is 5.75. The first-order valence-electron chi connectivity index (χ1n) is 8.40. The standard InChI is InChI=1S/C20H27N3O2S/c1-14-9-10-15(18(11-14)26-5)12-22-20(21-2)23-13-16-7-6-8-17(24-3)19(16)25-4/h6-11H,12-13H2,1-5H3,(H2,21,22,23). The van der Waals surface area contributed by atoms with Crippen LogP contribution in [0.15, 0.2) is 46.3 Å². The predicted octanol–water partition coefficient (Wildman–Crippen LogP) is 3.60. The number of hydrogen-bond acceptors (Lipinski definition) is 4. The number of rotatable bonds is 7. The fourth-order valence-electron chi connectivity index (χ4n) is 2.67. The van der Waals surface area contributed by atoms with Gasteiger partial charge >= 0.3 is 0 Å². The van der Waals surface area contributed by atoms with Crippen molar-refractivity contribution in [1.82, 2.24) is 10.6 Å². The van der Waals surface area contributed by atoms with E-state index in [4.69, 9.17) is 9.47 Å². The van der Waals surface area contributed by atoms with E-state index in [0.29, 0.717) is 13.1 Å². The minimum absolute atomic E-state index is 0.587. The second-order valence-corrected chi connectivity index (χ2v) is 6.60. The summed E-state index contributed by atoms with van der Waals surface area (Å²) < 4.78 is 10.8. The van der Waals surface area contributed by atoms with Crippen LogP contribution in [0.1, 0.15) is 16.7 Å². The van der Waals surface area contributed by atoms with Crippen molar-refractivity contribution in [1.29, 1.82) is 0 Å². The van der Waals surface area contributed by atoms with E-state index in [1.54, 1.807) is 33.0 Å². The van der Waals surface area contributed by atoms with Crippen LogP contribution in [-0.2, 0) is 13.1 Å². The third-order valence-corrected chi connectivity index (χ3v) is 4.86. The van der Waals surface area contributed by atoms with E-state index in [1.165, 1.54) is 16.0 Å². The maximum atomic E-state index is 5.48. The Kier molecular flexibility index (Phi) is 7.66. The van der Waals surface area contributed by atoms with Gasteiger partial charge in [-0.15, -0.1) is 11.8 Å². The molecule has 2 N–H and O–H groups in total. The highest BCUT2D eigenvalue weighted by Gasteiger charge is 2.10. The summed E-state index contributed by atoms with van der Waals surface area (Å²) in [5.41, 5.74) is 3.53. The largest absolute Gasteiger partial charge is 0.493 e. The number of ether oxygens (including phenoxy) is 2. The average molecular weight is 374 g/mol. The van der Waals surface area contributed by atoms with E-state index < -0.39 is 0 Å². The lowest BCUT2D eigenvalue weighted by Gasteiger charge is -2.16. The van der Waals surface area contributed by atoms with Crippen LogP contribution in [0.5, 0.6) is 11.5 Å². The van der Waals surface area contributed by atoms with Crippen molar-refractivity contribution >= 4 is 17.7 Å². The second kappa shape index (κ2) is 9.97. The molecule has 0 atom stereocenters. The molecule has 2 aromatic rings. The summed E-state index contributed by atoms with van der Waals surface area (Å²) in [6.07, 6.45) is 2.10. The molecule has 0 spiro atoms. The van der Waals surface area contributed by atoms with E-state index >= 15 is 0 Å². The SMILES string of the molecule is CN=C(NCc1ccc(C)cc1SC)NCc1cccc(OC)c1OC. The highest BCUT2D eigenvalue weighted by molar-refractivity contribution is 7.98. The van der Waals surface area contributed by atoms with Gasteiger partial charge < -0.3 is 20.1 Å². The Bertz CT molecular complexity index is 763. The van der Waals surface area contributed by atoms with Gasteiger partial charge in [0.1, 0.15) is 0 Å². The number of para-hydroxylation sites is 1. The molecule has 0 unspecified atom stereocenters. The summed E-state index contributed by atoms with van der Waals surface area (Å²) in [6, 6.07) is 12.3. The molecule has 0 saturated carbocycles. The molecular weight excluding hydrogens is 346 g/mol. The molecule has 6 heteroatoms. The minimum atomic E-state index is 0.587. The van der Waals surface area contributed by atoms with Crippen LogP contribution in [0.25, 0.3) is 0 Å². The van der Waals surface area contributed by atoms with Crippen LogP contribution >= 0.6 is 11.8 Å². The molecule has 26 heavy (non-hydrogen) atoms. The molecule has 0 heterocycles. The lowest BCUT2D eigenvalue weighted by Crippen LogP contribution is -2.36. The summed E-state index contributed by atoms with van der Waals surface area (Å²) in [5.74, 6) is 2.20. The third kappa shape index (κ3) is 5.08. The number of aryl methyl sites for hydroxylation is 1. The number of nitrogens with zero attached hydrogens (tertiary/aromatic N) is 1. The van der Waals surface area contributed by atoms with Crippen molar-refractivity contribution in [2.24, 2.45) is 4.99 Å². The van der Waals surface area contributed by atoms with E-state index in [-0.39, 0.29) is 0 Å². The van der Waals surface area contributed by atoms with Gasteiger partial charge in [0.2, 0.25) is 0 Å². The highest BCUT2D eigenvalue weighted by atomic mass is 32.2. The number of methoxy groups -OCH3 is 2. The summed E-state index contributed by atoms with van der Waals surface area (Å²) in [7, 11) is 5.05. The number of benzene rings is 2. The maximum absolute atomic E-state index is 5.48. The smallest absolute Gasteiger partial charge is 0.191 e. The van der Waals surface area contributed by atoms with Crippen LogP contribution in [-0.4, -0.2) is 33.5 Å². The Balaban J connectivity index is 2.01. The van der Waals surface area contributed by atoms with Gasteiger partial charge in [0, 0.05) is 30.6 Å². The molecule has 0 radical (unpaired) electrons. The number of aliphatic imine (C=N–C) groups is 1. The zero-order valence-corrected chi connectivity index (χ0v) is 16.9. The number of thioether (sulfide) groups is 1. The van der Waals surface area contributed by atoms with Gasteiger partial charge in [-0.05, 0) is 36.4 Å². The van der Waals surface area contributed by atoms with Crippen LogP contribution in [0, 0.1) is 6.92 Å². The minimum Gasteiger partial charge on any atom is -0.493 e. The lowest BCUT2D eigenvalue weighted by atomic mass is 10.1.